The normalized spacial score (nSPS) is 21.5. The van der Waals surface area contributed by atoms with Gasteiger partial charge in [-0.2, -0.15) is 0 Å². The highest BCUT2D eigenvalue weighted by molar-refractivity contribution is 5.84. The van der Waals surface area contributed by atoms with Gasteiger partial charge in [0.1, 0.15) is 0 Å². The van der Waals surface area contributed by atoms with Gasteiger partial charge in [0.2, 0.25) is 11.8 Å². The summed E-state index contributed by atoms with van der Waals surface area (Å²) in [5, 5.41) is 0. The molecule has 0 radical (unpaired) electrons. The van der Waals surface area contributed by atoms with Crippen molar-refractivity contribution in [3.8, 4) is 0 Å². The maximum Gasteiger partial charge on any atom is 0.242 e. The average Bonchev–Trinajstić information content (AvgIpc) is 2.84. The number of piperidine rings is 1. The number of hydrogen-bond acceptors (Lipinski definition) is 4. The fraction of sp³-hybridized carbons (Fsp3) is 0.857. The molecule has 2 amide bonds. The molecule has 2 rings (SSSR count). The molecule has 0 saturated carbocycles. The Kier molecular flexibility index (Phi) is 4.65. The second-order valence-corrected chi connectivity index (χ2v) is 5.73. The van der Waals surface area contributed by atoms with E-state index in [1.807, 2.05) is 13.8 Å². The fourth-order valence-electron chi connectivity index (χ4n) is 2.79. The minimum absolute atomic E-state index is 0.00162. The van der Waals surface area contributed by atoms with E-state index in [2.05, 4.69) is 0 Å². The van der Waals surface area contributed by atoms with Crippen LogP contribution in [-0.4, -0.2) is 66.3 Å². The molecule has 0 aliphatic carbocycles. The summed E-state index contributed by atoms with van der Waals surface area (Å²) in [5.74, 6) is -0.527. The second-order valence-electron chi connectivity index (χ2n) is 5.73. The standard InChI is InChI=1S/C14H24N2O4/c1-11(2)16(12(3)17)10-13(18)15-6-4-14(5-7-15)19-8-9-20-14/h11H,4-10H2,1-3H3. The average molecular weight is 284 g/mol. The van der Waals surface area contributed by atoms with Crippen molar-refractivity contribution in [1.29, 1.82) is 0 Å². The third-order valence-electron chi connectivity index (χ3n) is 4.02. The summed E-state index contributed by atoms with van der Waals surface area (Å²) in [6.07, 6.45) is 1.42. The van der Waals surface area contributed by atoms with Gasteiger partial charge in [0, 0.05) is 38.9 Å². The Morgan fingerprint density at radius 1 is 1.20 bits per heavy atom. The van der Waals surface area contributed by atoms with Crippen molar-refractivity contribution in [2.45, 2.75) is 45.4 Å². The molecular weight excluding hydrogens is 260 g/mol. The van der Waals surface area contributed by atoms with E-state index < -0.39 is 5.79 Å². The molecule has 0 N–H and O–H groups in total. The number of hydrogen-bond donors (Lipinski definition) is 0. The topological polar surface area (TPSA) is 59.1 Å². The van der Waals surface area contributed by atoms with Crippen LogP contribution in [0, 0.1) is 0 Å². The van der Waals surface area contributed by atoms with E-state index >= 15 is 0 Å². The van der Waals surface area contributed by atoms with Crippen LogP contribution < -0.4 is 0 Å². The van der Waals surface area contributed by atoms with Crippen LogP contribution in [0.4, 0.5) is 0 Å². The van der Waals surface area contributed by atoms with Gasteiger partial charge in [0.15, 0.2) is 5.79 Å². The lowest BCUT2D eigenvalue weighted by Crippen LogP contribution is -2.51. The molecule has 2 saturated heterocycles. The highest BCUT2D eigenvalue weighted by Gasteiger charge is 2.40. The first-order chi connectivity index (χ1) is 9.43. The van der Waals surface area contributed by atoms with Gasteiger partial charge in [-0.1, -0.05) is 0 Å². The Bertz CT molecular complexity index is 367. The summed E-state index contributed by atoms with van der Waals surface area (Å²) in [7, 11) is 0. The predicted molar refractivity (Wildman–Crippen MR) is 73.0 cm³/mol. The SMILES string of the molecule is CC(=O)N(CC(=O)N1CCC2(CC1)OCCO2)C(C)C. The van der Waals surface area contributed by atoms with Gasteiger partial charge in [-0.15, -0.1) is 0 Å². The summed E-state index contributed by atoms with van der Waals surface area (Å²) < 4.78 is 11.3. The minimum atomic E-state index is -0.463. The van der Waals surface area contributed by atoms with E-state index in [9.17, 15) is 9.59 Å². The summed E-state index contributed by atoms with van der Waals surface area (Å²) in [6, 6.07) is 0.0362. The molecule has 2 aliphatic rings. The van der Waals surface area contributed by atoms with Crippen molar-refractivity contribution in [3.05, 3.63) is 0 Å². The summed E-state index contributed by atoms with van der Waals surface area (Å²) >= 11 is 0. The van der Waals surface area contributed by atoms with Gasteiger partial charge in [0.25, 0.3) is 0 Å². The summed E-state index contributed by atoms with van der Waals surface area (Å²) in [5.41, 5.74) is 0. The zero-order valence-electron chi connectivity index (χ0n) is 12.6. The zero-order valence-corrected chi connectivity index (χ0v) is 12.6. The van der Waals surface area contributed by atoms with Crippen molar-refractivity contribution in [1.82, 2.24) is 9.80 Å². The maximum atomic E-state index is 12.3. The number of rotatable bonds is 3. The van der Waals surface area contributed by atoms with Crippen LogP contribution in [-0.2, 0) is 19.1 Å². The van der Waals surface area contributed by atoms with Crippen LogP contribution in [0.25, 0.3) is 0 Å². The first kappa shape index (κ1) is 15.3. The first-order valence-corrected chi connectivity index (χ1v) is 7.26. The first-order valence-electron chi connectivity index (χ1n) is 7.26. The molecule has 0 unspecified atom stereocenters. The lowest BCUT2D eigenvalue weighted by molar-refractivity contribution is -0.187. The summed E-state index contributed by atoms with van der Waals surface area (Å²) in [6.45, 7) is 8.02. The molecule has 6 heteroatoms. The molecule has 0 bridgehead atoms. The van der Waals surface area contributed by atoms with Gasteiger partial charge in [-0.25, -0.2) is 0 Å². The van der Waals surface area contributed by atoms with Crippen molar-refractivity contribution in [2.24, 2.45) is 0 Å². The highest BCUT2D eigenvalue weighted by Crippen LogP contribution is 2.31. The lowest BCUT2D eigenvalue weighted by Gasteiger charge is -2.38. The largest absolute Gasteiger partial charge is 0.347 e. The van der Waals surface area contributed by atoms with Gasteiger partial charge < -0.3 is 19.3 Å². The molecule has 20 heavy (non-hydrogen) atoms. The van der Waals surface area contributed by atoms with Crippen LogP contribution in [0.3, 0.4) is 0 Å². The van der Waals surface area contributed by atoms with Gasteiger partial charge in [0.05, 0.1) is 19.8 Å². The number of amides is 2. The monoisotopic (exact) mass is 284 g/mol. The molecule has 114 valence electrons. The van der Waals surface area contributed by atoms with Crippen LogP contribution in [0.5, 0.6) is 0 Å². The predicted octanol–water partition coefficient (Wildman–Crippen LogP) is 0.609. The molecule has 0 aromatic rings. The van der Waals surface area contributed by atoms with Gasteiger partial charge in [-0.3, -0.25) is 9.59 Å². The van der Waals surface area contributed by atoms with Crippen molar-refractivity contribution in [2.75, 3.05) is 32.8 Å². The number of ether oxygens (including phenoxy) is 2. The zero-order chi connectivity index (χ0) is 14.8. The van der Waals surface area contributed by atoms with Crippen molar-refractivity contribution >= 4 is 11.8 Å². The van der Waals surface area contributed by atoms with E-state index in [-0.39, 0.29) is 24.4 Å². The van der Waals surface area contributed by atoms with Crippen LogP contribution in [0.15, 0.2) is 0 Å². The lowest BCUT2D eigenvalue weighted by atomic mass is 10.0. The van der Waals surface area contributed by atoms with Crippen LogP contribution >= 0.6 is 0 Å². The molecule has 0 aromatic carbocycles. The summed E-state index contributed by atoms with van der Waals surface area (Å²) in [4.78, 5) is 27.2. The van der Waals surface area contributed by atoms with E-state index in [4.69, 9.17) is 9.47 Å². The Balaban J connectivity index is 1.86. The molecule has 0 aromatic heterocycles. The molecule has 6 nitrogen and oxygen atoms in total. The Morgan fingerprint density at radius 2 is 1.75 bits per heavy atom. The van der Waals surface area contributed by atoms with E-state index in [1.165, 1.54) is 6.92 Å². The fourth-order valence-corrected chi connectivity index (χ4v) is 2.79. The molecule has 2 heterocycles. The Labute approximate surface area is 120 Å². The molecule has 2 aliphatic heterocycles. The quantitative estimate of drug-likeness (QED) is 0.762. The van der Waals surface area contributed by atoms with Crippen molar-refractivity contribution in [3.63, 3.8) is 0 Å². The van der Waals surface area contributed by atoms with Crippen LogP contribution in [0.1, 0.15) is 33.6 Å². The number of carbonyl (C=O) groups excluding carboxylic acids is 2. The van der Waals surface area contributed by atoms with E-state index in [0.29, 0.717) is 39.1 Å². The van der Waals surface area contributed by atoms with Gasteiger partial charge in [-0.05, 0) is 13.8 Å². The van der Waals surface area contributed by atoms with Crippen molar-refractivity contribution < 1.29 is 19.1 Å². The molecule has 2 fully saturated rings. The van der Waals surface area contributed by atoms with Gasteiger partial charge >= 0.3 is 0 Å². The number of carbonyl (C=O) groups is 2. The maximum absolute atomic E-state index is 12.3. The molecule has 0 atom stereocenters. The third kappa shape index (κ3) is 3.30. The minimum Gasteiger partial charge on any atom is -0.347 e. The van der Waals surface area contributed by atoms with E-state index in [0.717, 1.165) is 0 Å². The molecular formula is C14H24N2O4. The Morgan fingerprint density at radius 3 is 2.20 bits per heavy atom. The number of likely N-dealkylation sites (tertiary alicyclic amines) is 1. The highest BCUT2D eigenvalue weighted by atomic mass is 16.7. The van der Waals surface area contributed by atoms with Crippen LogP contribution in [0.2, 0.25) is 0 Å². The van der Waals surface area contributed by atoms with E-state index in [1.54, 1.807) is 9.80 Å². The Hall–Kier alpha value is -1.14. The molecule has 1 spiro atoms. The smallest absolute Gasteiger partial charge is 0.242 e. The second kappa shape index (κ2) is 6.10. The number of nitrogens with zero attached hydrogens (tertiary/aromatic N) is 2. The third-order valence-corrected chi connectivity index (χ3v) is 4.02.